The second-order valence-corrected chi connectivity index (χ2v) is 17.4. The number of imidazole rings is 1. The molecular weight excluding hydrogens is 686 g/mol. The molecule has 4 unspecified atom stereocenters. The van der Waals surface area contributed by atoms with Crippen LogP contribution in [0.3, 0.4) is 0 Å². The van der Waals surface area contributed by atoms with Gasteiger partial charge in [0.15, 0.2) is 23.6 Å². The van der Waals surface area contributed by atoms with Gasteiger partial charge in [0.05, 0.1) is 31.7 Å². The number of nitrogens with one attached hydrogen (secondary N) is 1. The number of nitrogen functional groups attached to an aromatic ring is 1. The minimum absolute atomic E-state index is 0.0322. The molecule has 8 atom stereocenters. The average Bonchev–Trinajstić information content (AvgIpc) is 3.72. The van der Waals surface area contributed by atoms with Gasteiger partial charge in [0.2, 0.25) is 5.95 Å². The molecule has 0 amide bonds. The van der Waals surface area contributed by atoms with Crippen molar-refractivity contribution in [2.45, 2.75) is 49.7 Å². The lowest BCUT2D eigenvalue weighted by Crippen LogP contribution is -2.30. The van der Waals surface area contributed by atoms with Crippen LogP contribution in [0.2, 0.25) is 0 Å². The van der Waals surface area contributed by atoms with E-state index in [0.717, 1.165) is 5.39 Å². The molecule has 0 radical (unpaired) electrons. The second-order valence-electron chi connectivity index (χ2n) is 10.6. The van der Waals surface area contributed by atoms with Gasteiger partial charge in [-0.3, -0.25) is 28.2 Å². The number of aliphatic hydroxyl groups is 1. The molecule has 46 heavy (non-hydrogen) atoms. The summed E-state index contributed by atoms with van der Waals surface area (Å²) in [5.74, 6) is -0.172. The van der Waals surface area contributed by atoms with Crippen LogP contribution in [0.5, 0.6) is 0 Å². The van der Waals surface area contributed by atoms with Crippen molar-refractivity contribution in [3.8, 4) is 0 Å². The standard InChI is InChI=1S/C25H30N6O11P2S2/c1-46-43(35,36)38-10-15-9-18(24(41-15)31-12-27-19-20(31)28-25(26)29-21(19)33)42-44(37,45)39-11-14-8-17(32)23(40-14)30-7-6-13-4-2-3-5-16(13)22(30)34/h2-7,12,14-15,17-18,23-24,32H,8-11H2,1H3,(H,35,36)(H,37,45)(H3,26,28,29,33)/t14-,15-,17?,18?,23+,24+,44?/m0/s1. The summed E-state index contributed by atoms with van der Waals surface area (Å²) in [5, 5.41) is 11.9. The summed E-state index contributed by atoms with van der Waals surface area (Å²) in [7, 11) is 0. The van der Waals surface area contributed by atoms with Crippen LogP contribution in [-0.2, 0) is 39.4 Å². The van der Waals surface area contributed by atoms with Gasteiger partial charge < -0.3 is 39.1 Å². The van der Waals surface area contributed by atoms with Gasteiger partial charge in [-0.25, -0.2) is 9.55 Å². The number of rotatable bonds is 11. The molecule has 2 aliphatic heterocycles. The third-order valence-corrected chi connectivity index (χ3v) is 11.7. The minimum Gasteiger partial charge on any atom is -0.388 e. The van der Waals surface area contributed by atoms with Gasteiger partial charge in [-0.15, -0.1) is 0 Å². The van der Waals surface area contributed by atoms with E-state index in [-0.39, 0.29) is 48.7 Å². The number of benzene rings is 1. The van der Waals surface area contributed by atoms with Crippen molar-refractivity contribution < 1.29 is 42.5 Å². The number of aromatic nitrogens is 5. The van der Waals surface area contributed by atoms with Crippen LogP contribution in [0.25, 0.3) is 21.9 Å². The Kier molecular flexibility index (Phi) is 9.57. The van der Waals surface area contributed by atoms with E-state index >= 15 is 0 Å². The number of hydrogen-bond donors (Lipinski definition) is 5. The Hall–Kier alpha value is -2.51. The van der Waals surface area contributed by atoms with E-state index < -0.39 is 55.9 Å². The number of nitrogens with zero attached hydrogens (tertiary/aromatic N) is 4. The van der Waals surface area contributed by atoms with Gasteiger partial charge in [-0.05, 0) is 47.0 Å². The fourth-order valence-electron chi connectivity index (χ4n) is 5.39. The molecule has 17 nitrogen and oxygen atoms in total. The lowest BCUT2D eigenvalue weighted by Gasteiger charge is -2.25. The lowest BCUT2D eigenvalue weighted by atomic mass is 10.1. The molecule has 1 aromatic carbocycles. The Morgan fingerprint density at radius 2 is 1.83 bits per heavy atom. The van der Waals surface area contributed by atoms with E-state index in [1.807, 2.05) is 12.1 Å². The van der Waals surface area contributed by atoms with Crippen LogP contribution in [0.15, 0.2) is 52.4 Å². The molecule has 6 N–H and O–H groups in total. The Labute approximate surface area is 269 Å². The Balaban J connectivity index is 1.16. The number of pyridine rings is 1. The van der Waals surface area contributed by atoms with Crippen molar-refractivity contribution in [1.82, 2.24) is 24.1 Å². The third-order valence-electron chi connectivity index (χ3n) is 7.50. The summed E-state index contributed by atoms with van der Waals surface area (Å²) in [6.07, 6.45) is -1.30. The number of nitrogens with two attached hydrogens (primary N) is 1. The van der Waals surface area contributed by atoms with Gasteiger partial charge in [0.1, 0.15) is 12.2 Å². The quantitative estimate of drug-likeness (QED) is 0.139. The lowest BCUT2D eigenvalue weighted by molar-refractivity contribution is -0.0561. The zero-order chi connectivity index (χ0) is 32.8. The molecule has 0 saturated carbocycles. The average molecular weight is 717 g/mol. The molecule has 2 aliphatic rings. The molecule has 248 valence electrons. The summed E-state index contributed by atoms with van der Waals surface area (Å²) in [4.78, 5) is 56.9. The first-order chi connectivity index (χ1) is 21.8. The van der Waals surface area contributed by atoms with E-state index in [0.29, 0.717) is 16.8 Å². The van der Waals surface area contributed by atoms with Crippen LogP contribution in [0, 0.1) is 0 Å². The van der Waals surface area contributed by atoms with Crippen LogP contribution in [0.4, 0.5) is 5.95 Å². The van der Waals surface area contributed by atoms with E-state index in [2.05, 4.69) is 15.0 Å². The number of ether oxygens (including phenoxy) is 2. The van der Waals surface area contributed by atoms with Gasteiger partial charge in [-0.2, -0.15) is 4.98 Å². The van der Waals surface area contributed by atoms with Crippen molar-refractivity contribution in [3.05, 3.63) is 63.6 Å². The molecular formula is C25H30N6O11P2S2. The van der Waals surface area contributed by atoms with Crippen LogP contribution in [0.1, 0.15) is 25.3 Å². The first kappa shape index (κ1) is 33.4. The summed E-state index contributed by atoms with van der Waals surface area (Å²) in [6.45, 7) is -8.52. The van der Waals surface area contributed by atoms with Crippen LogP contribution in [-0.4, -0.2) is 82.9 Å². The van der Waals surface area contributed by atoms with Crippen LogP contribution >= 0.6 is 24.9 Å². The first-order valence-corrected chi connectivity index (χ1v) is 19.8. The van der Waals surface area contributed by atoms with Gasteiger partial charge in [0, 0.05) is 24.4 Å². The second kappa shape index (κ2) is 13.2. The minimum atomic E-state index is -4.02. The van der Waals surface area contributed by atoms with Crippen molar-refractivity contribution in [3.63, 3.8) is 0 Å². The highest BCUT2D eigenvalue weighted by atomic mass is 32.7. The Bertz CT molecular complexity index is 1970. The number of H-pyrrole nitrogens is 1. The van der Waals surface area contributed by atoms with Crippen molar-refractivity contribution >= 4 is 64.6 Å². The molecule has 2 saturated heterocycles. The van der Waals surface area contributed by atoms with Crippen molar-refractivity contribution in [2.75, 3.05) is 25.2 Å². The van der Waals surface area contributed by atoms with E-state index in [4.69, 9.17) is 40.6 Å². The van der Waals surface area contributed by atoms with Crippen molar-refractivity contribution in [1.29, 1.82) is 0 Å². The smallest absolute Gasteiger partial charge is 0.386 e. The van der Waals surface area contributed by atoms with E-state index in [1.165, 1.54) is 21.7 Å². The molecule has 5 heterocycles. The highest BCUT2D eigenvalue weighted by Crippen LogP contribution is 2.55. The number of aliphatic hydroxyl groups excluding tert-OH is 1. The van der Waals surface area contributed by atoms with E-state index in [1.54, 1.807) is 24.4 Å². The predicted molar refractivity (Wildman–Crippen MR) is 170 cm³/mol. The Morgan fingerprint density at radius 3 is 2.61 bits per heavy atom. The van der Waals surface area contributed by atoms with Gasteiger partial charge in [0.25, 0.3) is 11.1 Å². The van der Waals surface area contributed by atoms with E-state index in [9.17, 15) is 29.0 Å². The SMILES string of the molecule is CSP(=O)(O)OC[C@@H]1CC(OP(O)(=S)OC[C@@H]2CC(O)[C@H](n3ccc4ccccc4c3=O)O2)[C@H](n2cnc3c(=O)[nH]c(N)nc32)O1. The monoisotopic (exact) mass is 716 g/mol. The molecule has 4 aromatic rings. The number of hydrogen-bond acceptors (Lipinski definition) is 14. The maximum Gasteiger partial charge on any atom is 0.386 e. The zero-order valence-electron chi connectivity index (χ0n) is 24.0. The first-order valence-electron chi connectivity index (χ1n) is 13.8. The summed E-state index contributed by atoms with van der Waals surface area (Å²) >= 11 is 5.95. The fourth-order valence-corrected chi connectivity index (χ4v) is 7.81. The molecule has 3 aromatic heterocycles. The highest BCUT2D eigenvalue weighted by molar-refractivity contribution is 8.54. The fraction of sp³-hybridized carbons (Fsp3) is 0.440. The normalized spacial score (nSPS) is 27.7. The van der Waals surface area contributed by atoms with Crippen LogP contribution < -0.4 is 16.9 Å². The Morgan fingerprint density at radius 1 is 1.11 bits per heavy atom. The molecule has 21 heteroatoms. The number of aromatic amines is 1. The maximum absolute atomic E-state index is 13.1. The predicted octanol–water partition coefficient (Wildman–Crippen LogP) is 1.75. The largest absolute Gasteiger partial charge is 0.388 e. The topological polar surface area (TPSA) is 235 Å². The summed E-state index contributed by atoms with van der Waals surface area (Å²) < 4.78 is 43.3. The third kappa shape index (κ3) is 7.01. The van der Waals surface area contributed by atoms with Gasteiger partial charge >= 0.3 is 13.5 Å². The summed E-state index contributed by atoms with van der Waals surface area (Å²) in [6, 6.07) is 8.81. The van der Waals surface area contributed by atoms with Crippen molar-refractivity contribution in [2.24, 2.45) is 0 Å². The molecule has 0 aliphatic carbocycles. The molecule has 2 fully saturated rings. The number of fused-ring (bicyclic) bond motifs is 2. The van der Waals surface area contributed by atoms with Gasteiger partial charge in [-0.1, -0.05) is 18.2 Å². The molecule has 0 spiro atoms. The molecule has 6 rings (SSSR count). The summed E-state index contributed by atoms with van der Waals surface area (Å²) in [5.41, 5.74) is 4.85. The maximum atomic E-state index is 13.1. The number of anilines is 1. The highest BCUT2D eigenvalue weighted by Gasteiger charge is 2.43. The molecule has 0 bridgehead atoms. The zero-order valence-corrected chi connectivity index (χ0v) is 27.4.